The molecule has 1 amide bonds. The largest absolute Gasteiger partial charge is 0.495 e. The van der Waals surface area contributed by atoms with Crippen molar-refractivity contribution < 1.29 is 19.1 Å². The summed E-state index contributed by atoms with van der Waals surface area (Å²) in [6.45, 7) is 5.57. The zero-order valence-corrected chi connectivity index (χ0v) is 15.3. The van der Waals surface area contributed by atoms with E-state index in [0.29, 0.717) is 17.0 Å². The third kappa shape index (κ3) is 4.99. The van der Waals surface area contributed by atoms with E-state index in [0.717, 1.165) is 18.8 Å². The number of hydrogen-bond donors (Lipinski definition) is 1. The predicted octanol–water partition coefficient (Wildman–Crippen LogP) is 3.34. The first-order valence-electron chi connectivity index (χ1n) is 8.54. The molecule has 0 radical (unpaired) electrons. The van der Waals surface area contributed by atoms with Crippen molar-refractivity contribution in [3.05, 3.63) is 54.1 Å². The van der Waals surface area contributed by atoms with Crippen molar-refractivity contribution in [2.75, 3.05) is 37.0 Å². The molecule has 0 unspecified atom stereocenters. The summed E-state index contributed by atoms with van der Waals surface area (Å²) in [6, 6.07) is 14.2. The molecule has 0 aromatic heterocycles. The highest BCUT2D eigenvalue weighted by Gasteiger charge is 2.12. The van der Waals surface area contributed by atoms with Gasteiger partial charge in [-0.05, 0) is 50.2 Å². The van der Waals surface area contributed by atoms with Gasteiger partial charge in [0.1, 0.15) is 5.75 Å². The number of nitrogens with one attached hydrogen (secondary N) is 1. The molecule has 2 aromatic carbocycles. The van der Waals surface area contributed by atoms with Gasteiger partial charge in [0.25, 0.3) is 5.91 Å². The molecule has 2 aromatic rings. The first kappa shape index (κ1) is 19.3. The quantitative estimate of drug-likeness (QED) is 0.735. The molecule has 0 aliphatic carbocycles. The van der Waals surface area contributed by atoms with Crippen LogP contribution < -0.4 is 15.0 Å². The van der Waals surface area contributed by atoms with Gasteiger partial charge in [0.05, 0.1) is 18.4 Å². The number of ether oxygens (including phenoxy) is 2. The Hall–Kier alpha value is -3.02. The van der Waals surface area contributed by atoms with Gasteiger partial charge in [-0.15, -0.1) is 0 Å². The van der Waals surface area contributed by atoms with Crippen LogP contribution in [0.5, 0.6) is 5.75 Å². The summed E-state index contributed by atoms with van der Waals surface area (Å²) in [5.41, 5.74) is 1.98. The second-order valence-corrected chi connectivity index (χ2v) is 5.54. The molecule has 0 spiro atoms. The number of amides is 1. The third-order valence-corrected chi connectivity index (χ3v) is 3.95. The molecule has 0 atom stereocenters. The van der Waals surface area contributed by atoms with E-state index in [9.17, 15) is 9.59 Å². The topological polar surface area (TPSA) is 67.9 Å². The minimum absolute atomic E-state index is 0.366. The van der Waals surface area contributed by atoms with E-state index in [1.807, 2.05) is 12.1 Å². The Morgan fingerprint density at radius 1 is 1.00 bits per heavy atom. The highest BCUT2D eigenvalue weighted by Crippen LogP contribution is 2.22. The molecule has 1 N–H and O–H groups in total. The Kier molecular flexibility index (Phi) is 7.02. The van der Waals surface area contributed by atoms with E-state index < -0.39 is 11.9 Å². The normalized spacial score (nSPS) is 10.1. The summed E-state index contributed by atoms with van der Waals surface area (Å²) in [6.07, 6.45) is 0. The number of benzene rings is 2. The summed E-state index contributed by atoms with van der Waals surface area (Å²) >= 11 is 0. The van der Waals surface area contributed by atoms with E-state index in [1.165, 1.54) is 7.11 Å². The maximum Gasteiger partial charge on any atom is 0.338 e. The zero-order chi connectivity index (χ0) is 18.9. The standard InChI is InChI=1S/C20H24N2O4/c1-4-22(5-2)16-12-10-15(11-13-16)20(24)26-14-19(23)21-17-8-6-7-9-18(17)25-3/h6-13H,4-5,14H2,1-3H3,(H,21,23). The Morgan fingerprint density at radius 2 is 1.65 bits per heavy atom. The van der Waals surface area contributed by atoms with Crippen molar-refractivity contribution in [3.63, 3.8) is 0 Å². The van der Waals surface area contributed by atoms with Gasteiger partial charge in [-0.2, -0.15) is 0 Å². The summed E-state index contributed by atoms with van der Waals surface area (Å²) in [7, 11) is 1.52. The van der Waals surface area contributed by atoms with Gasteiger partial charge in [-0.1, -0.05) is 12.1 Å². The van der Waals surface area contributed by atoms with Gasteiger partial charge in [0, 0.05) is 18.8 Å². The second kappa shape index (κ2) is 9.46. The van der Waals surface area contributed by atoms with Crippen molar-refractivity contribution in [2.24, 2.45) is 0 Å². The number of carbonyl (C=O) groups is 2. The van der Waals surface area contributed by atoms with Gasteiger partial charge in [0.2, 0.25) is 0 Å². The van der Waals surface area contributed by atoms with Gasteiger partial charge in [-0.25, -0.2) is 4.79 Å². The number of rotatable bonds is 8. The third-order valence-electron chi connectivity index (χ3n) is 3.95. The van der Waals surface area contributed by atoms with Gasteiger partial charge < -0.3 is 19.7 Å². The first-order chi connectivity index (χ1) is 12.6. The first-order valence-corrected chi connectivity index (χ1v) is 8.54. The molecule has 0 fully saturated rings. The highest BCUT2D eigenvalue weighted by atomic mass is 16.5. The molecule has 2 rings (SSSR count). The number of nitrogens with zero attached hydrogens (tertiary/aromatic N) is 1. The molecular formula is C20H24N2O4. The SMILES string of the molecule is CCN(CC)c1ccc(C(=O)OCC(=O)Nc2ccccc2OC)cc1. The molecule has 138 valence electrons. The minimum atomic E-state index is -0.536. The molecule has 6 nitrogen and oxygen atoms in total. The summed E-state index contributed by atoms with van der Waals surface area (Å²) in [5.74, 6) is -0.423. The lowest BCUT2D eigenvalue weighted by atomic mass is 10.2. The van der Waals surface area contributed by atoms with Crippen LogP contribution in [-0.4, -0.2) is 38.7 Å². The number of para-hydroxylation sites is 2. The van der Waals surface area contributed by atoms with Gasteiger partial charge >= 0.3 is 5.97 Å². The molecule has 0 bridgehead atoms. The molecule has 0 aliphatic rings. The molecule has 26 heavy (non-hydrogen) atoms. The molecule has 0 saturated heterocycles. The average molecular weight is 356 g/mol. The Balaban J connectivity index is 1.90. The number of methoxy groups -OCH3 is 1. The van der Waals surface area contributed by atoms with Crippen LogP contribution >= 0.6 is 0 Å². The summed E-state index contributed by atoms with van der Waals surface area (Å²) < 4.78 is 10.2. The summed E-state index contributed by atoms with van der Waals surface area (Å²) in [5, 5.41) is 2.66. The fraction of sp³-hybridized carbons (Fsp3) is 0.300. The van der Waals surface area contributed by atoms with E-state index in [2.05, 4.69) is 24.1 Å². The molecular weight excluding hydrogens is 332 g/mol. The Labute approximate surface area is 153 Å². The second-order valence-electron chi connectivity index (χ2n) is 5.54. The van der Waals surface area contributed by atoms with E-state index >= 15 is 0 Å². The predicted molar refractivity (Wildman–Crippen MR) is 102 cm³/mol. The van der Waals surface area contributed by atoms with E-state index in [1.54, 1.807) is 36.4 Å². The van der Waals surface area contributed by atoms with Crippen molar-refractivity contribution >= 4 is 23.3 Å². The molecule has 6 heteroatoms. The minimum Gasteiger partial charge on any atom is -0.495 e. The Bertz CT molecular complexity index is 740. The van der Waals surface area contributed by atoms with Crippen LogP contribution in [0.1, 0.15) is 24.2 Å². The van der Waals surface area contributed by atoms with E-state index in [-0.39, 0.29) is 6.61 Å². The van der Waals surface area contributed by atoms with Crippen molar-refractivity contribution in [3.8, 4) is 5.75 Å². The van der Waals surface area contributed by atoms with Crippen LogP contribution in [0.4, 0.5) is 11.4 Å². The smallest absolute Gasteiger partial charge is 0.338 e. The lowest BCUT2D eigenvalue weighted by molar-refractivity contribution is -0.119. The average Bonchev–Trinajstić information content (AvgIpc) is 2.68. The molecule has 0 heterocycles. The van der Waals surface area contributed by atoms with Gasteiger partial charge in [0.15, 0.2) is 6.61 Å². The zero-order valence-electron chi connectivity index (χ0n) is 15.3. The number of anilines is 2. The van der Waals surface area contributed by atoms with Crippen LogP contribution in [0, 0.1) is 0 Å². The molecule has 0 saturated carbocycles. The van der Waals surface area contributed by atoms with Crippen molar-refractivity contribution in [1.82, 2.24) is 0 Å². The van der Waals surface area contributed by atoms with Crippen LogP contribution in [-0.2, 0) is 9.53 Å². The Morgan fingerprint density at radius 3 is 2.27 bits per heavy atom. The van der Waals surface area contributed by atoms with Crippen molar-refractivity contribution in [2.45, 2.75) is 13.8 Å². The van der Waals surface area contributed by atoms with Crippen LogP contribution in [0.2, 0.25) is 0 Å². The highest BCUT2D eigenvalue weighted by molar-refractivity contribution is 5.96. The lowest BCUT2D eigenvalue weighted by Gasteiger charge is -2.20. The van der Waals surface area contributed by atoms with Gasteiger partial charge in [-0.3, -0.25) is 4.79 Å². The number of hydrogen-bond acceptors (Lipinski definition) is 5. The maximum atomic E-state index is 12.1. The molecule has 0 aliphatic heterocycles. The van der Waals surface area contributed by atoms with Crippen molar-refractivity contribution in [1.29, 1.82) is 0 Å². The number of esters is 1. The van der Waals surface area contributed by atoms with Crippen LogP contribution in [0.15, 0.2) is 48.5 Å². The van der Waals surface area contributed by atoms with Crippen LogP contribution in [0.25, 0.3) is 0 Å². The monoisotopic (exact) mass is 356 g/mol. The fourth-order valence-electron chi connectivity index (χ4n) is 2.55. The lowest BCUT2D eigenvalue weighted by Crippen LogP contribution is -2.22. The van der Waals surface area contributed by atoms with E-state index in [4.69, 9.17) is 9.47 Å². The number of carbonyl (C=O) groups excluding carboxylic acids is 2. The van der Waals surface area contributed by atoms with Crippen LogP contribution in [0.3, 0.4) is 0 Å². The maximum absolute atomic E-state index is 12.1. The summed E-state index contributed by atoms with van der Waals surface area (Å²) in [4.78, 5) is 26.3. The fourth-order valence-corrected chi connectivity index (χ4v) is 2.55.